The zero-order valence-electron chi connectivity index (χ0n) is 14.8. The van der Waals surface area contributed by atoms with Gasteiger partial charge in [0.25, 0.3) is 5.56 Å². The van der Waals surface area contributed by atoms with Crippen LogP contribution in [-0.2, 0) is 11.3 Å². The van der Waals surface area contributed by atoms with Crippen LogP contribution in [0.1, 0.15) is 38.2 Å². The molecule has 5 heteroatoms. The molecule has 0 bridgehead atoms. The topological polar surface area (TPSA) is 65.6 Å². The van der Waals surface area contributed by atoms with Crippen LogP contribution in [0.4, 0.5) is 0 Å². The minimum absolute atomic E-state index is 0.00386. The molecule has 1 spiro atoms. The van der Waals surface area contributed by atoms with E-state index in [1.807, 2.05) is 37.3 Å². The van der Waals surface area contributed by atoms with Crippen molar-refractivity contribution < 1.29 is 9.84 Å². The number of benzene rings is 1. The van der Waals surface area contributed by atoms with Gasteiger partial charge in [-0.3, -0.25) is 9.69 Å². The molecular weight excluding hydrogens is 316 g/mol. The molecule has 1 aromatic carbocycles. The van der Waals surface area contributed by atoms with E-state index in [1.165, 1.54) is 0 Å². The van der Waals surface area contributed by atoms with E-state index in [0.717, 1.165) is 42.4 Å². The number of nitrogens with zero attached hydrogens (tertiary/aromatic N) is 1. The second-order valence-electron chi connectivity index (χ2n) is 7.94. The number of piperidine rings is 1. The molecule has 0 amide bonds. The third kappa shape index (κ3) is 3.50. The van der Waals surface area contributed by atoms with Crippen LogP contribution in [-0.4, -0.2) is 45.9 Å². The van der Waals surface area contributed by atoms with Gasteiger partial charge in [-0.25, -0.2) is 0 Å². The highest BCUT2D eigenvalue weighted by molar-refractivity contribution is 5.78. The summed E-state index contributed by atoms with van der Waals surface area (Å²) in [5.41, 5.74) is 0.887. The van der Waals surface area contributed by atoms with Crippen LogP contribution in [0.5, 0.6) is 0 Å². The molecule has 3 heterocycles. The molecule has 1 aromatic heterocycles. The van der Waals surface area contributed by atoms with E-state index in [2.05, 4.69) is 9.88 Å². The second kappa shape index (κ2) is 6.24. The Hall–Kier alpha value is -1.69. The van der Waals surface area contributed by atoms with Crippen molar-refractivity contribution in [3.63, 3.8) is 0 Å². The molecule has 4 rings (SSSR count). The van der Waals surface area contributed by atoms with Crippen molar-refractivity contribution >= 4 is 10.9 Å². The van der Waals surface area contributed by atoms with E-state index in [9.17, 15) is 9.90 Å². The maximum atomic E-state index is 12.3. The Kier molecular flexibility index (Phi) is 4.18. The molecule has 2 aliphatic rings. The van der Waals surface area contributed by atoms with Crippen molar-refractivity contribution in [2.75, 3.05) is 19.7 Å². The van der Waals surface area contributed by atoms with Crippen molar-refractivity contribution in [2.24, 2.45) is 0 Å². The number of nitrogens with one attached hydrogen (secondary N) is 1. The van der Waals surface area contributed by atoms with Gasteiger partial charge in [-0.2, -0.15) is 0 Å². The first-order valence-corrected chi connectivity index (χ1v) is 9.15. The molecule has 1 unspecified atom stereocenters. The molecule has 25 heavy (non-hydrogen) atoms. The summed E-state index contributed by atoms with van der Waals surface area (Å²) in [5.74, 6) is 0. The number of fused-ring (bicyclic) bond motifs is 1. The van der Waals surface area contributed by atoms with Crippen LogP contribution in [0.2, 0.25) is 0 Å². The number of aliphatic hydroxyl groups is 1. The van der Waals surface area contributed by atoms with Gasteiger partial charge in [0.15, 0.2) is 0 Å². The Morgan fingerprint density at radius 2 is 2.00 bits per heavy atom. The molecule has 1 atom stereocenters. The number of para-hydroxylation sites is 1. The zero-order valence-corrected chi connectivity index (χ0v) is 14.8. The number of likely N-dealkylation sites (tertiary alicyclic amines) is 1. The predicted molar refractivity (Wildman–Crippen MR) is 97.6 cm³/mol. The Morgan fingerprint density at radius 1 is 1.24 bits per heavy atom. The van der Waals surface area contributed by atoms with Crippen molar-refractivity contribution in [2.45, 2.75) is 50.4 Å². The van der Waals surface area contributed by atoms with Crippen LogP contribution in [0.15, 0.2) is 35.1 Å². The van der Waals surface area contributed by atoms with Crippen LogP contribution < -0.4 is 5.56 Å². The van der Waals surface area contributed by atoms with E-state index in [0.29, 0.717) is 26.0 Å². The predicted octanol–water partition coefficient (Wildman–Crippen LogP) is 2.42. The van der Waals surface area contributed by atoms with Gasteiger partial charge in [0, 0.05) is 37.1 Å². The van der Waals surface area contributed by atoms with Gasteiger partial charge in [-0.1, -0.05) is 18.2 Å². The minimum atomic E-state index is -0.615. The number of hydrogen-bond donors (Lipinski definition) is 2. The largest absolute Gasteiger partial charge is 0.390 e. The Bertz CT molecular complexity index is 819. The maximum Gasteiger partial charge on any atom is 0.252 e. The van der Waals surface area contributed by atoms with Crippen LogP contribution in [0, 0.1) is 0 Å². The number of aromatic amines is 1. The van der Waals surface area contributed by atoms with Crippen LogP contribution >= 0.6 is 0 Å². The normalized spacial score (nSPS) is 27.0. The molecule has 2 aliphatic heterocycles. The average molecular weight is 342 g/mol. The molecule has 0 radical (unpaired) electrons. The molecular formula is C20H26N2O3. The highest BCUT2D eigenvalue weighted by Crippen LogP contribution is 2.39. The summed E-state index contributed by atoms with van der Waals surface area (Å²) in [4.78, 5) is 17.6. The third-order valence-corrected chi connectivity index (χ3v) is 5.74. The zero-order chi connectivity index (χ0) is 17.5. The van der Waals surface area contributed by atoms with E-state index in [4.69, 9.17) is 4.74 Å². The van der Waals surface area contributed by atoms with Gasteiger partial charge >= 0.3 is 0 Å². The number of ether oxygens (including phenoxy) is 1. The van der Waals surface area contributed by atoms with Gasteiger partial charge in [-0.05, 0) is 43.7 Å². The highest BCUT2D eigenvalue weighted by Gasteiger charge is 2.44. The molecule has 2 saturated heterocycles. The summed E-state index contributed by atoms with van der Waals surface area (Å²) in [6, 6.07) is 9.87. The number of rotatable bonds is 2. The Balaban J connectivity index is 1.45. The summed E-state index contributed by atoms with van der Waals surface area (Å²) in [5, 5.41) is 11.5. The fourth-order valence-electron chi connectivity index (χ4n) is 4.31. The lowest BCUT2D eigenvalue weighted by molar-refractivity contribution is -0.173. The van der Waals surface area contributed by atoms with Crippen molar-refractivity contribution in [1.29, 1.82) is 0 Å². The fourth-order valence-corrected chi connectivity index (χ4v) is 4.31. The summed E-state index contributed by atoms with van der Waals surface area (Å²) in [6.45, 7) is 4.99. The lowest BCUT2D eigenvalue weighted by Gasteiger charge is -2.48. The van der Waals surface area contributed by atoms with Gasteiger partial charge < -0.3 is 14.8 Å². The number of aromatic nitrogens is 1. The SMILES string of the molecule is CC1(O)CCOC2(CCN(Cc3cc4ccccc4[nH]c3=O)CC2)C1. The lowest BCUT2D eigenvalue weighted by atomic mass is 9.78. The van der Waals surface area contributed by atoms with Crippen molar-refractivity contribution in [3.8, 4) is 0 Å². The Labute approximate surface area is 147 Å². The summed E-state index contributed by atoms with van der Waals surface area (Å²) in [6.07, 6.45) is 3.25. The van der Waals surface area contributed by atoms with Gasteiger partial charge in [0.2, 0.25) is 0 Å². The smallest absolute Gasteiger partial charge is 0.252 e. The van der Waals surface area contributed by atoms with E-state index in [1.54, 1.807) is 0 Å². The molecule has 0 saturated carbocycles. The number of hydrogen-bond acceptors (Lipinski definition) is 4. The molecule has 5 nitrogen and oxygen atoms in total. The number of H-pyrrole nitrogens is 1. The molecule has 2 N–H and O–H groups in total. The van der Waals surface area contributed by atoms with Crippen LogP contribution in [0.3, 0.4) is 0 Å². The first-order valence-electron chi connectivity index (χ1n) is 9.15. The molecule has 2 fully saturated rings. The monoisotopic (exact) mass is 342 g/mol. The summed E-state index contributed by atoms with van der Waals surface area (Å²) >= 11 is 0. The van der Waals surface area contributed by atoms with Gasteiger partial charge in [-0.15, -0.1) is 0 Å². The lowest BCUT2D eigenvalue weighted by Crippen LogP contribution is -2.53. The molecule has 2 aromatic rings. The number of pyridine rings is 1. The highest BCUT2D eigenvalue weighted by atomic mass is 16.5. The van der Waals surface area contributed by atoms with Crippen LogP contribution in [0.25, 0.3) is 10.9 Å². The summed E-state index contributed by atoms with van der Waals surface area (Å²) in [7, 11) is 0. The maximum absolute atomic E-state index is 12.3. The standard InChI is InChI=1S/C20H26N2O3/c1-19(24)8-11-25-20(14-19)6-9-22(10-7-20)13-16-12-15-4-2-3-5-17(15)21-18(16)23/h2-5,12,24H,6-11,13-14H2,1H3,(H,21,23). The summed E-state index contributed by atoms with van der Waals surface area (Å²) < 4.78 is 6.07. The molecule has 0 aliphatic carbocycles. The average Bonchev–Trinajstić information content (AvgIpc) is 2.57. The first kappa shape index (κ1) is 16.8. The Morgan fingerprint density at radius 3 is 2.76 bits per heavy atom. The van der Waals surface area contributed by atoms with E-state index in [-0.39, 0.29) is 11.2 Å². The second-order valence-corrected chi connectivity index (χ2v) is 7.94. The van der Waals surface area contributed by atoms with Crippen molar-refractivity contribution in [1.82, 2.24) is 9.88 Å². The third-order valence-electron chi connectivity index (χ3n) is 5.74. The first-order chi connectivity index (χ1) is 11.9. The minimum Gasteiger partial charge on any atom is -0.390 e. The fraction of sp³-hybridized carbons (Fsp3) is 0.550. The van der Waals surface area contributed by atoms with E-state index < -0.39 is 5.60 Å². The molecule has 134 valence electrons. The van der Waals surface area contributed by atoms with Crippen molar-refractivity contribution in [3.05, 3.63) is 46.2 Å². The van der Waals surface area contributed by atoms with E-state index >= 15 is 0 Å². The van der Waals surface area contributed by atoms with Gasteiger partial charge in [0.05, 0.1) is 17.8 Å². The van der Waals surface area contributed by atoms with Gasteiger partial charge in [0.1, 0.15) is 0 Å². The quantitative estimate of drug-likeness (QED) is 0.880.